The molecule has 9 aromatic carbocycles. The number of amides is 6. The van der Waals surface area contributed by atoms with Crippen molar-refractivity contribution >= 4 is 214 Å². The number of rotatable bonds is 25. The first-order chi connectivity index (χ1) is 65.5. The highest BCUT2D eigenvalue weighted by Gasteiger charge is 2.21. The highest BCUT2D eigenvalue weighted by Crippen LogP contribution is 2.33. The summed E-state index contributed by atoms with van der Waals surface area (Å²) in [5, 5.41) is 29.1. The first-order valence-electron chi connectivity index (χ1n) is 44.4. The molecular formula is C107H154Cl10IN15O12. The number of hydrogen-bond acceptors (Lipinski definition) is 21. The van der Waals surface area contributed by atoms with E-state index in [2.05, 4.69) is 109 Å². The van der Waals surface area contributed by atoms with Gasteiger partial charge in [0.1, 0.15) is 24.7 Å². The van der Waals surface area contributed by atoms with Crippen molar-refractivity contribution in [1.29, 1.82) is 0 Å². The SMILES string of the molecule is C.C.C.C.C.C.C.Cc1c(Cl)cc(NC(=O)CN2CCNCC2)cc1Cl.Cc1c(Cl)cc(NC(=O)CN2CCOCC2)cc1Cl.Cc1c(Cl)cc(OC(=O)CN(C)C)cc1Cl.Cc1ccc(NC(=O)CN(C)C)cc1Cl.Cc1ccc(NC(=O)CN2CCNCC2)cc1Cl.Cc1ccc(NC(=O)CN2CCOCC2)cc1Cl.Cc1ccc(NC(=O)OCc2ccccc2)cc1Cl.Cc1ccc(OCCN(C)C)cc1I. The molecule has 0 saturated carbocycles. The van der Waals surface area contributed by atoms with Crippen LogP contribution in [0.4, 0.5) is 38.9 Å². The molecule has 0 aromatic heterocycles. The zero-order chi connectivity index (χ0) is 102. The lowest BCUT2D eigenvalue weighted by Crippen LogP contribution is -2.46. The third-order valence-electron chi connectivity index (χ3n) is 20.6. The molecule has 4 aliphatic rings. The number of morpholine rings is 2. The third-order valence-corrected chi connectivity index (χ3v) is 25.7. The van der Waals surface area contributed by atoms with Crippen LogP contribution in [-0.2, 0) is 49.6 Å². The van der Waals surface area contributed by atoms with Gasteiger partial charge in [0, 0.05) is 173 Å². The molecule has 4 saturated heterocycles. The van der Waals surface area contributed by atoms with Crippen LogP contribution in [-0.4, -0.2) is 276 Å². The molecule has 0 spiro atoms. The molecule has 4 fully saturated rings. The lowest BCUT2D eigenvalue weighted by molar-refractivity contribution is -0.135. The number of nitrogens with zero attached hydrogens (tertiary/aromatic N) is 7. The highest BCUT2D eigenvalue weighted by molar-refractivity contribution is 14.1. The van der Waals surface area contributed by atoms with Gasteiger partial charge in [-0.3, -0.25) is 58.6 Å². The Hall–Kier alpha value is -7.94. The van der Waals surface area contributed by atoms with E-state index < -0.39 is 6.09 Å². The van der Waals surface area contributed by atoms with Gasteiger partial charge in [0.15, 0.2) is 0 Å². The Morgan fingerprint density at radius 2 is 0.648 bits per heavy atom. The first-order valence-corrected chi connectivity index (χ1v) is 49.3. The summed E-state index contributed by atoms with van der Waals surface area (Å²) >= 11 is 62.3. The van der Waals surface area contributed by atoms with Crippen LogP contribution >= 0.6 is 139 Å². The maximum Gasteiger partial charge on any atom is 0.411 e. The Balaban J connectivity index is 0. The fraction of sp³-hybridized carbons (Fsp3) is 0.430. The van der Waals surface area contributed by atoms with Crippen molar-refractivity contribution in [2.75, 3.05) is 232 Å². The van der Waals surface area contributed by atoms with E-state index in [9.17, 15) is 33.6 Å². The van der Waals surface area contributed by atoms with Crippen molar-refractivity contribution in [2.24, 2.45) is 0 Å². The molecule has 13 rings (SSSR count). The van der Waals surface area contributed by atoms with Gasteiger partial charge in [0.05, 0.1) is 65.7 Å². The minimum atomic E-state index is -0.497. The molecule has 6 amide bonds. The van der Waals surface area contributed by atoms with Crippen LogP contribution in [0.15, 0.2) is 158 Å². The van der Waals surface area contributed by atoms with Crippen LogP contribution in [0.3, 0.4) is 0 Å². The van der Waals surface area contributed by atoms with E-state index >= 15 is 0 Å². The van der Waals surface area contributed by atoms with Gasteiger partial charge < -0.3 is 70.7 Å². The Morgan fingerprint density at radius 1 is 0.345 bits per heavy atom. The minimum Gasteiger partial charge on any atom is -0.492 e. The zero-order valence-corrected chi connectivity index (χ0v) is 90.1. The lowest BCUT2D eigenvalue weighted by atomic mass is 10.2. The average molecular weight is 2320 g/mol. The third kappa shape index (κ3) is 56.5. The molecule has 8 N–H and O–H groups in total. The second-order valence-corrected chi connectivity index (χ2v) is 38.5. The fourth-order valence-corrected chi connectivity index (χ4v) is 15.1. The normalized spacial score (nSPS) is 13.0. The van der Waals surface area contributed by atoms with E-state index in [0.29, 0.717) is 132 Å². The van der Waals surface area contributed by atoms with E-state index in [-0.39, 0.29) is 101 Å². The maximum atomic E-state index is 11.9. The van der Waals surface area contributed by atoms with E-state index in [1.165, 1.54) is 9.13 Å². The number of carbonyl (C=O) groups excluding carboxylic acids is 7. The molecule has 38 heteroatoms. The monoisotopic (exact) mass is 2320 g/mol. The average Bonchev–Trinajstić information content (AvgIpc) is 0.844. The number of aryl methyl sites for hydroxylation is 5. The number of likely N-dealkylation sites (N-methyl/N-ethyl adjacent to an activating group) is 3. The molecule has 4 heterocycles. The van der Waals surface area contributed by atoms with E-state index in [1.807, 2.05) is 153 Å². The second-order valence-electron chi connectivity index (χ2n) is 33.3. The van der Waals surface area contributed by atoms with Crippen LogP contribution in [0.2, 0.25) is 50.2 Å². The minimum absolute atomic E-state index is 0. The quantitative estimate of drug-likeness (QED) is 0.0150. The summed E-state index contributed by atoms with van der Waals surface area (Å²) in [7, 11) is 11.4. The van der Waals surface area contributed by atoms with Gasteiger partial charge in [-0.15, -0.1) is 0 Å². The van der Waals surface area contributed by atoms with E-state index in [4.69, 9.17) is 140 Å². The van der Waals surface area contributed by atoms with Gasteiger partial charge in [-0.25, -0.2) is 4.79 Å². The van der Waals surface area contributed by atoms with Crippen molar-refractivity contribution in [3.05, 3.63) is 262 Å². The fourth-order valence-electron chi connectivity index (χ4n) is 12.5. The summed E-state index contributed by atoms with van der Waals surface area (Å²) in [5.41, 5.74) is 12.7. The number of carbonyl (C=O) groups is 7. The standard InChI is InChI=1S/C15H14ClNO2.C13H17Cl2N3O.C13H16Cl2N2O2.C13H18ClN3O.C13H17ClN2O2.C11H13Cl2NO2.C11H15ClN2O.C11H16INO.7CH4/c1-11-7-8-13(9-14(11)16)17-15(18)19-10-12-5-3-2-4-6-12;1-9-11(14)6-10(7-12(9)15)17-13(19)8-18-4-2-16-3-5-18;1-9-11(14)6-10(7-12(9)15)16-13(18)8-17-2-4-19-5-3-17;1-10-2-3-11(8-12(10)14)16-13(18)9-17-6-4-15-5-7-17;1-10-2-3-11(8-12(10)14)15-13(17)9-16-4-6-18-7-5-16;1-7-9(12)4-8(5-10(7)13)16-11(15)6-14(2)3;1-8-4-5-9(6-10(8)12)13-11(15)7-14(2)3;1-9-4-5-10(8-11(9)12)14-7-6-13(2)3;;;;;;;/h2-9H,10H2,1H3,(H,17,18);6-7,16H,2-5,8H2,1H3,(H,17,19);6-7H,2-5,8H2,1H3,(H,16,18);2-3,8,15H,4-7,9H2,1H3,(H,16,18);2-3,8H,4-7,9H2,1H3,(H,15,17);4-5H,6H2,1-3H3;4-6H,7H2,1-3H3,(H,13,15);4-5,8H,6-7H2,1-3H3;7*1H4. The largest absolute Gasteiger partial charge is 0.492 e. The van der Waals surface area contributed by atoms with Gasteiger partial charge in [-0.05, 0) is 267 Å². The molecule has 806 valence electrons. The number of piperazine rings is 2. The van der Waals surface area contributed by atoms with Crippen molar-refractivity contribution in [1.82, 2.24) is 44.9 Å². The van der Waals surface area contributed by atoms with E-state index in [1.54, 1.807) is 92.6 Å². The lowest BCUT2D eigenvalue weighted by Gasteiger charge is -2.26. The summed E-state index contributed by atoms with van der Waals surface area (Å²) in [5.74, 6) is 0.819. The van der Waals surface area contributed by atoms with Crippen LogP contribution in [0.1, 0.15) is 102 Å². The number of anilines is 6. The number of benzene rings is 9. The summed E-state index contributed by atoms with van der Waals surface area (Å²) in [6, 6.07) is 47.6. The zero-order valence-electron chi connectivity index (χ0n) is 80.4. The molecule has 0 unspecified atom stereocenters. The van der Waals surface area contributed by atoms with E-state index in [0.717, 1.165) is 159 Å². The van der Waals surface area contributed by atoms with Gasteiger partial charge in [0.2, 0.25) is 29.5 Å². The Kier molecular flexibility index (Phi) is 71.8. The maximum absolute atomic E-state index is 11.9. The van der Waals surface area contributed by atoms with Crippen LogP contribution in [0.5, 0.6) is 11.5 Å². The summed E-state index contributed by atoms with van der Waals surface area (Å²) in [6.07, 6.45) is -0.497. The topological polar surface area (TPSA) is 285 Å². The summed E-state index contributed by atoms with van der Waals surface area (Å²) in [4.78, 5) is 96.0. The molecule has 0 atom stereocenters. The molecule has 27 nitrogen and oxygen atoms in total. The Bertz CT molecular complexity index is 5170. The van der Waals surface area contributed by atoms with Crippen molar-refractivity contribution in [2.45, 2.75) is 114 Å². The van der Waals surface area contributed by atoms with Crippen LogP contribution in [0, 0.1) is 59.0 Å². The van der Waals surface area contributed by atoms with Crippen molar-refractivity contribution < 1.29 is 57.2 Å². The predicted octanol–water partition coefficient (Wildman–Crippen LogP) is 24.4. The molecule has 4 aliphatic heterocycles. The van der Waals surface area contributed by atoms with Gasteiger partial charge in [-0.1, -0.05) is 229 Å². The number of halogens is 11. The number of nitrogens with one attached hydrogen (secondary N) is 8. The van der Waals surface area contributed by atoms with Crippen LogP contribution in [0.25, 0.3) is 0 Å². The number of ether oxygens (including phenoxy) is 5. The molecule has 145 heavy (non-hydrogen) atoms. The summed E-state index contributed by atoms with van der Waals surface area (Å²) < 4.78 is 27.5. The first kappa shape index (κ1) is 139. The molecule has 9 aromatic rings. The second kappa shape index (κ2) is 74.9. The molecule has 0 aliphatic carbocycles. The molecular weight excluding hydrogens is 2170 g/mol. The Labute approximate surface area is 927 Å². The summed E-state index contributed by atoms with van der Waals surface area (Å²) in [6.45, 7) is 32.7. The van der Waals surface area contributed by atoms with Gasteiger partial charge >= 0.3 is 12.1 Å². The molecule has 0 bridgehead atoms. The van der Waals surface area contributed by atoms with Gasteiger partial charge in [0.25, 0.3) is 0 Å². The number of hydrogen-bond donors (Lipinski definition) is 8. The number of esters is 1. The predicted molar refractivity (Wildman–Crippen MR) is 623 cm³/mol. The van der Waals surface area contributed by atoms with Crippen molar-refractivity contribution in [3.8, 4) is 11.5 Å². The molecule has 0 radical (unpaired) electrons. The van der Waals surface area contributed by atoms with Crippen LogP contribution < -0.4 is 52.0 Å². The van der Waals surface area contributed by atoms with Gasteiger partial charge in [-0.2, -0.15) is 0 Å². The van der Waals surface area contributed by atoms with Crippen molar-refractivity contribution in [3.63, 3.8) is 0 Å². The smallest absolute Gasteiger partial charge is 0.411 e. The highest BCUT2D eigenvalue weighted by atomic mass is 127. The Morgan fingerprint density at radius 3 is 0.972 bits per heavy atom.